The number of rotatable bonds is 4. The van der Waals surface area contributed by atoms with E-state index in [1.165, 1.54) is 18.4 Å². The average Bonchev–Trinajstić information content (AvgIpc) is 2.47. The van der Waals surface area contributed by atoms with Crippen LogP contribution in [0.15, 0.2) is 29.2 Å². The van der Waals surface area contributed by atoms with Crippen molar-refractivity contribution in [3.8, 4) is 0 Å². The minimum absolute atomic E-state index is 0.0566. The van der Waals surface area contributed by atoms with Crippen molar-refractivity contribution < 1.29 is 13.2 Å². The third-order valence-corrected chi connectivity index (χ3v) is 5.23. The first-order valence-corrected chi connectivity index (χ1v) is 7.99. The number of para-hydroxylation sites is 1. The zero-order valence-corrected chi connectivity index (χ0v) is 12.6. The molecule has 2 rings (SSSR count). The van der Waals surface area contributed by atoms with E-state index in [2.05, 4.69) is 0 Å². The first kappa shape index (κ1) is 15.2. The molecule has 0 bridgehead atoms. The van der Waals surface area contributed by atoms with Crippen molar-refractivity contribution in [3.63, 3.8) is 0 Å². The van der Waals surface area contributed by atoms with E-state index >= 15 is 0 Å². The number of nitrogens with zero attached hydrogens (tertiary/aromatic N) is 2. The highest BCUT2D eigenvalue weighted by Gasteiger charge is 2.26. The molecule has 112 valence electrons. The van der Waals surface area contributed by atoms with Crippen LogP contribution < -0.4 is 10.6 Å². The second-order valence-corrected chi connectivity index (χ2v) is 7.05. The number of nitrogens with two attached hydrogens (primary N) is 1. The van der Waals surface area contributed by atoms with E-state index in [9.17, 15) is 8.42 Å². The molecule has 2 N–H and O–H groups in total. The fraction of sp³-hybridized carbons (Fsp3) is 0.538. The van der Waals surface area contributed by atoms with Gasteiger partial charge in [-0.3, -0.25) is 0 Å². The van der Waals surface area contributed by atoms with Gasteiger partial charge in [0.2, 0.25) is 10.0 Å². The molecule has 7 heteroatoms. The summed E-state index contributed by atoms with van der Waals surface area (Å²) in [6.07, 6.45) is -0.0566. The zero-order chi connectivity index (χ0) is 14.8. The Bertz CT molecular complexity index is 560. The second-order valence-electron chi connectivity index (χ2n) is 4.93. The topological polar surface area (TPSA) is 75.9 Å². The lowest BCUT2D eigenvalue weighted by atomic mass is 10.2. The van der Waals surface area contributed by atoms with Crippen LogP contribution in [0.3, 0.4) is 0 Å². The lowest BCUT2D eigenvalue weighted by Gasteiger charge is -2.35. The van der Waals surface area contributed by atoms with Gasteiger partial charge >= 0.3 is 0 Å². The van der Waals surface area contributed by atoms with Crippen LogP contribution in [0.4, 0.5) is 5.69 Å². The molecular formula is C13H21N3O3S. The van der Waals surface area contributed by atoms with E-state index in [0.29, 0.717) is 36.8 Å². The Kier molecular flexibility index (Phi) is 4.64. The van der Waals surface area contributed by atoms with Crippen LogP contribution in [0, 0.1) is 0 Å². The maximum atomic E-state index is 12.4. The predicted octanol–water partition coefficient (Wildman–Crippen LogP) is 0.101. The lowest BCUT2D eigenvalue weighted by molar-refractivity contribution is 0.0464. The molecule has 0 aromatic heterocycles. The largest absolute Gasteiger partial charge is 0.373 e. The van der Waals surface area contributed by atoms with Crippen molar-refractivity contribution in [1.29, 1.82) is 0 Å². The van der Waals surface area contributed by atoms with Crippen molar-refractivity contribution in [2.24, 2.45) is 5.73 Å². The number of sulfonamides is 1. The summed E-state index contributed by atoms with van der Waals surface area (Å²) in [6.45, 7) is 2.25. The molecule has 0 saturated carbocycles. The molecule has 1 heterocycles. The summed E-state index contributed by atoms with van der Waals surface area (Å²) in [5.41, 5.74) is 6.35. The average molecular weight is 299 g/mol. The van der Waals surface area contributed by atoms with Gasteiger partial charge in [0.15, 0.2) is 0 Å². The molecule has 1 atom stereocenters. The van der Waals surface area contributed by atoms with Gasteiger partial charge in [0.05, 0.1) is 18.4 Å². The lowest BCUT2D eigenvalue weighted by Crippen LogP contribution is -2.46. The Hall–Kier alpha value is -1.15. The summed E-state index contributed by atoms with van der Waals surface area (Å²) >= 11 is 0. The van der Waals surface area contributed by atoms with Gasteiger partial charge in [0, 0.05) is 33.7 Å². The Balaban J connectivity index is 2.38. The van der Waals surface area contributed by atoms with Gasteiger partial charge in [0.25, 0.3) is 0 Å². The van der Waals surface area contributed by atoms with Crippen LogP contribution in [0.2, 0.25) is 0 Å². The first-order chi connectivity index (χ1) is 9.46. The molecule has 1 fully saturated rings. The van der Waals surface area contributed by atoms with E-state index in [1.54, 1.807) is 12.1 Å². The maximum Gasteiger partial charge on any atom is 0.244 e. The first-order valence-electron chi connectivity index (χ1n) is 6.55. The van der Waals surface area contributed by atoms with E-state index in [4.69, 9.17) is 10.5 Å². The number of hydrogen-bond donors (Lipinski definition) is 1. The van der Waals surface area contributed by atoms with Gasteiger partial charge in [-0.1, -0.05) is 12.1 Å². The minimum atomic E-state index is -3.46. The SMILES string of the molecule is CN(C)S(=O)(=O)c1ccccc1N1CCOC(CN)C1. The van der Waals surface area contributed by atoms with Crippen LogP contribution in [0.25, 0.3) is 0 Å². The molecular weight excluding hydrogens is 278 g/mol. The highest BCUT2D eigenvalue weighted by Crippen LogP contribution is 2.28. The quantitative estimate of drug-likeness (QED) is 0.853. The summed E-state index contributed by atoms with van der Waals surface area (Å²) in [4.78, 5) is 2.35. The van der Waals surface area contributed by atoms with Gasteiger partial charge in [-0.2, -0.15) is 0 Å². The molecule has 0 amide bonds. The molecule has 1 aromatic rings. The van der Waals surface area contributed by atoms with E-state index in [1.807, 2.05) is 17.0 Å². The molecule has 1 aromatic carbocycles. The summed E-state index contributed by atoms with van der Waals surface area (Å²) in [7, 11) is -0.390. The highest BCUT2D eigenvalue weighted by molar-refractivity contribution is 7.89. The fourth-order valence-electron chi connectivity index (χ4n) is 2.21. The predicted molar refractivity (Wildman–Crippen MR) is 78.3 cm³/mol. The van der Waals surface area contributed by atoms with E-state index < -0.39 is 10.0 Å². The number of anilines is 1. The second kappa shape index (κ2) is 6.09. The molecule has 20 heavy (non-hydrogen) atoms. The van der Waals surface area contributed by atoms with Crippen molar-refractivity contribution in [2.75, 3.05) is 45.2 Å². The monoisotopic (exact) mass is 299 g/mol. The van der Waals surface area contributed by atoms with Crippen LogP contribution in [0.5, 0.6) is 0 Å². The van der Waals surface area contributed by atoms with Crippen molar-refractivity contribution in [3.05, 3.63) is 24.3 Å². The molecule has 1 aliphatic heterocycles. The van der Waals surface area contributed by atoms with Crippen LogP contribution in [0.1, 0.15) is 0 Å². The van der Waals surface area contributed by atoms with Crippen molar-refractivity contribution in [2.45, 2.75) is 11.0 Å². The van der Waals surface area contributed by atoms with Gasteiger partial charge in [-0.25, -0.2) is 12.7 Å². The maximum absolute atomic E-state index is 12.4. The van der Waals surface area contributed by atoms with Gasteiger partial charge in [-0.15, -0.1) is 0 Å². The smallest absolute Gasteiger partial charge is 0.244 e. The van der Waals surface area contributed by atoms with Gasteiger partial charge < -0.3 is 15.4 Å². The number of ether oxygens (including phenoxy) is 1. The summed E-state index contributed by atoms with van der Waals surface area (Å²) in [5.74, 6) is 0. The third kappa shape index (κ3) is 2.95. The van der Waals surface area contributed by atoms with Crippen molar-refractivity contribution in [1.82, 2.24) is 4.31 Å². The molecule has 0 radical (unpaired) electrons. The van der Waals surface area contributed by atoms with E-state index in [-0.39, 0.29) is 6.10 Å². The summed E-state index contributed by atoms with van der Waals surface area (Å²) < 4.78 is 31.5. The van der Waals surface area contributed by atoms with E-state index in [0.717, 1.165) is 0 Å². The molecule has 0 aliphatic carbocycles. The molecule has 1 aliphatic rings. The minimum Gasteiger partial charge on any atom is -0.373 e. The van der Waals surface area contributed by atoms with Crippen LogP contribution >= 0.6 is 0 Å². The van der Waals surface area contributed by atoms with Crippen LogP contribution in [-0.4, -0.2) is 59.2 Å². The Morgan fingerprint density at radius 2 is 2.10 bits per heavy atom. The third-order valence-electron chi connectivity index (χ3n) is 3.37. The van der Waals surface area contributed by atoms with Crippen molar-refractivity contribution >= 4 is 15.7 Å². The fourth-order valence-corrected chi connectivity index (χ4v) is 3.32. The molecule has 1 unspecified atom stereocenters. The summed E-state index contributed by atoms with van der Waals surface area (Å²) in [5, 5.41) is 0. The highest BCUT2D eigenvalue weighted by atomic mass is 32.2. The van der Waals surface area contributed by atoms with Gasteiger partial charge in [-0.05, 0) is 12.1 Å². The molecule has 0 spiro atoms. The number of morpholine rings is 1. The molecule has 6 nitrogen and oxygen atoms in total. The molecule has 1 saturated heterocycles. The Morgan fingerprint density at radius 3 is 2.75 bits per heavy atom. The Morgan fingerprint density at radius 1 is 1.40 bits per heavy atom. The zero-order valence-electron chi connectivity index (χ0n) is 11.8. The van der Waals surface area contributed by atoms with Gasteiger partial charge in [0.1, 0.15) is 4.90 Å². The van der Waals surface area contributed by atoms with Crippen LogP contribution in [-0.2, 0) is 14.8 Å². The standard InChI is InChI=1S/C13H21N3O3S/c1-15(2)20(17,18)13-6-4-3-5-12(13)16-7-8-19-11(9-14)10-16/h3-6,11H,7-10,14H2,1-2H3. The Labute approximate surface area is 120 Å². The number of benzene rings is 1. The normalized spacial score (nSPS) is 20.4. The summed E-state index contributed by atoms with van der Waals surface area (Å²) in [6, 6.07) is 7.05. The number of hydrogen-bond acceptors (Lipinski definition) is 5.